The fourth-order valence-corrected chi connectivity index (χ4v) is 1.73. The second-order valence-corrected chi connectivity index (χ2v) is 5.01. The number of nitrogens with zero attached hydrogens (tertiary/aromatic N) is 1. The highest BCUT2D eigenvalue weighted by molar-refractivity contribution is 5.92. The van der Waals surface area contributed by atoms with Gasteiger partial charge in [0.2, 0.25) is 5.91 Å². The van der Waals surface area contributed by atoms with Gasteiger partial charge < -0.3 is 15.0 Å². The van der Waals surface area contributed by atoms with Gasteiger partial charge in [-0.1, -0.05) is 12.1 Å². The van der Waals surface area contributed by atoms with E-state index in [0.29, 0.717) is 0 Å². The van der Waals surface area contributed by atoms with E-state index in [-0.39, 0.29) is 24.3 Å². The molecular formula is C16H22N2O3. The first kappa shape index (κ1) is 16.8. The molecule has 5 heteroatoms. The third-order valence-electron chi connectivity index (χ3n) is 2.93. The van der Waals surface area contributed by atoms with Crippen LogP contribution in [0.2, 0.25) is 0 Å². The maximum absolute atomic E-state index is 11.7. The lowest BCUT2D eigenvalue weighted by molar-refractivity contribution is -0.141. The first-order chi connectivity index (χ1) is 9.92. The Morgan fingerprint density at radius 2 is 1.90 bits per heavy atom. The highest BCUT2D eigenvalue weighted by atomic mass is 16.5. The van der Waals surface area contributed by atoms with Gasteiger partial charge in [0, 0.05) is 31.9 Å². The van der Waals surface area contributed by atoms with Crippen LogP contribution < -0.4 is 10.2 Å². The second-order valence-electron chi connectivity index (χ2n) is 5.01. The van der Waals surface area contributed by atoms with Crippen molar-refractivity contribution in [1.29, 1.82) is 0 Å². The highest BCUT2D eigenvalue weighted by Crippen LogP contribution is 2.13. The van der Waals surface area contributed by atoms with E-state index in [1.165, 1.54) is 13.2 Å². The normalized spacial score (nSPS) is 12.0. The van der Waals surface area contributed by atoms with Crippen molar-refractivity contribution in [2.24, 2.45) is 0 Å². The number of anilines is 1. The maximum Gasteiger partial charge on any atom is 0.307 e. The van der Waals surface area contributed by atoms with Gasteiger partial charge in [0.25, 0.3) is 0 Å². The van der Waals surface area contributed by atoms with Crippen LogP contribution in [0.3, 0.4) is 0 Å². The molecule has 0 fully saturated rings. The highest BCUT2D eigenvalue weighted by Gasteiger charge is 2.10. The number of carbonyl (C=O) groups excluding carboxylic acids is 2. The van der Waals surface area contributed by atoms with Gasteiger partial charge in [-0.3, -0.25) is 9.59 Å². The monoisotopic (exact) mass is 290 g/mol. The third kappa shape index (κ3) is 6.12. The molecule has 114 valence electrons. The van der Waals surface area contributed by atoms with Crippen molar-refractivity contribution in [2.75, 3.05) is 26.1 Å². The molecule has 1 amide bonds. The summed E-state index contributed by atoms with van der Waals surface area (Å²) in [6, 6.07) is 7.59. The van der Waals surface area contributed by atoms with Gasteiger partial charge in [0.1, 0.15) is 0 Å². The van der Waals surface area contributed by atoms with Gasteiger partial charge >= 0.3 is 5.97 Å². The maximum atomic E-state index is 11.7. The van der Waals surface area contributed by atoms with E-state index < -0.39 is 0 Å². The molecule has 0 aliphatic rings. The average molecular weight is 290 g/mol. The largest absolute Gasteiger partial charge is 0.469 e. The zero-order valence-electron chi connectivity index (χ0n) is 12.9. The van der Waals surface area contributed by atoms with Crippen molar-refractivity contribution in [3.8, 4) is 0 Å². The van der Waals surface area contributed by atoms with Gasteiger partial charge in [0.15, 0.2) is 0 Å². The molecule has 0 spiro atoms. The topological polar surface area (TPSA) is 58.6 Å². The summed E-state index contributed by atoms with van der Waals surface area (Å²) in [5, 5.41) is 2.71. The second kappa shape index (κ2) is 8.09. The summed E-state index contributed by atoms with van der Waals surface area (Å²) in [6.45, 7) is 1.76. The van der Waals surface area contributed by atoms with E-state index in [1.807, 2.05) is 43.3 Å². The molecule has 0 aliphatic carbocycles. The van der Waals surface area contributed by atoms with Crippen LogP contribution >= 0.6 is 0 Å². The van der Waals surface area contributed by atoms with Crippen molar-refractivity contribution in [3.05, 3.63) is 35.9 Å². The number of carbonyl (C=O) groups is 2. The van der Waals surface area contributed by atoms with Gasteiger partial charge in [-0.05, 0) is 30.7 Å². The lowest BCUT2D eigenvalue weighted by Crippen LogP contribution is -2.33. The number of ether oxygens (including phenoxy) is 1. The van der Waals surface area contributed by atoms with Crippen LogP contribution in [-0.2, 0) is 14.3 Å². The lowest BCUT2D eigenvalue weighted by Gasteiger charge is -2.12. The summed E-state index contributed by atoms with van der Waals surface area (Å²) in [6.07, 6.45) is 3.35. The molecule has 0 unspecified atom stereocenters. The number of amides is 1. The Hall–Kier alpha value is -2.30. The van der Waals surface area contributed by atoms with E-state index in [9.17, 15) is 9.59 Å². The lowest BCUT2D eigenvalue weighted by atomic mass is 10.2. The fourth-order valence-electron chi connectivity index (χ4n) is 1.73. The molecule has 5 nitrogen and oxygen atoms in total. The van der Waals surface area contributed by atoms with E-state index in [0.717, 1.165) is 11.3 Å². The number of benzene rings is 1. The van der Waals surface area contributed by atoms with E-state index >= 15 is 0 Å². The van der Waals surface area contributed by atoms with Gasteiger partial charge in [-0.25, -0.2) is 0 Å². The summed E-state index contributed by atoms with van der Waals surface area (Å²) in [5.74, 6) is -0.575. The van der Waals surface area contributed by atoms with Crippen LogP contribution in [0.15, 0.2) is 30.3 Å². The Balaban J connectivity index is 2.51. The molecule has 0 saturated carbocycles. The average Bonchev–Trinajstić information content (AvgIpc) is 2.45. The minimum Gasteiger partial charge on any atom is -0.469 e. The molecule has 21 heavy (non-hydrogen) atoms. The van der Waals surface area contributed by atoms with Gasteiger partial charge in [-0.2, -0.15) is 0 Å². The Labute approximate surface area is 125 Å². The third-order valence-corrected chi connectivity index (χ3v) is 2.93. The first-order valence-electron chi connectivity index (χ1n) is 6.75. The fraction of sp³-hybridized carbons (Fsp3) is 0.375. The summed E-state index contributed by atoms with van der Waals surface area (Å²) < 4.78 is 4.55. The Bertz CT molecular complexity index is 507. The standard InChI is InChI=1S/C16H22N2O3/c1-12(11-16(20)21-4)17-15(19)10-7-13-5-8-14(9-6-13)18(2)3/h5-10,12H,11H2,1-4H3,(H,17,19)/b10-7+/t12-/m1/s1. The van der Waals surface area contributed by atoms with Crippen LogP contribution in [0.1, 0.15) is 18.9 Å². The summed E-state index contributed by atoms with van der Waals surface area (Å²) in [4.78, 5) is 24.8. The van der Waals surface area contributed by atoms with Gasteiger partial charge in [-0.15, -0.1) is 0 Å². The molecule has 1 aromatic carbocycles. The van der Waals surface area contributed by atoms with Crippen molar-refractivity contribution < 1.29 is 14.3 Å². The number of methoxy groups -OCH3 is 1. The molecule has 0 aromatic heterocycles. The van der Waals surface area contributed by atoms with Crippen LogP contribution in [0.25, 0.3) is 6.08 Å². The molecule has 0 saturated heterocycles. The molecule has 0 heterocycles. The molecule has 1 N–H and O–H groups in total. The van der Waals surface area contributed by atoms with Crippen molar-refractivity contribution >= 4 is 23.6 Å². The summed E-state index contributed by atoms with van der Waals surface area (Å²) >= 11 is 0. The summed E-state index contributed by atoms with van der Waals surface area (Å²) in [7, 11) is 5.27. The predicted octanol–water partition coefficient (Wildman–Crippen LogP) is 1.83. The van der Waals surface area contributed by atoms with Crippen LogP contribution in [0.5, 0.6) is 0 Å². The Morgan fingerprint density at radius 3 is 2.43 bits per heavy atom. The molecule has 0 aliphatic heterocycles. The minimum atomic E-state index is -0.342. The molecule has 1 aromatic rings. The minimum absolute atomic E-state index is 0.160. The molecule has 0 radical (unpaired) electrons. The number of rotatable bonds is 6. The zero-order chi connectivity index (χ0) is 15.8. The SMILES string of the molecule is COC(=O)C[C@@H](C)NC(=O)/C=C/c1ccc(N(C)C)cc1. The smallest absolute Gasteiger partial charge is 0.307 e. The van der Waals surface area contributed by atoms with Crippen molar-refractivity contribution in [1.82, 2.24) is 5.32 Å². The van der Waals surface area contributed by atoms with Gasteiger partial charge in [0.05, 0.1) is 13.5 Å². The molecule has 1 atom stereocenters. The zero-order valence-corrected chi connectivity index (χ0v) is 12.9. The predicted molar refractivity (Wildman–Crippen MR) is 84.0 cm³/mol. The van der Waals surface area contributed by atoms with E-state index in [2.05, 4.69) is 10.1 Å². The first-order valence-corrected chi connectivity index (χ1v) is 6.75. The van der Waals surface area contributed by atoms with Crippen molar-refractivity contribution in [3.63, 3.8) is 0 Å². The molecule has 1 rings (SSSR count). The number of hydrogen-bond acceptors (Lipinski definition) is 4. The van der Waals surface area contributed by atoms with Crippen molar-refractivity contribution in [2.45, 2.75) is 19.4 Å². The molecular weight excluding hydrogens is 268 g/mol. The number of esters is 1. The van der Waals surface area contributed by atoms with E-state index in [1.54, 1.807) is 13.0 Å². The number of nitrogens with one attached hydrogen (secondary N) is 1. The van der Waals surface area contributed by atoms with E-state index in [4.69, 9.17) is 0 Å². The van der Waals surface area contributed by atoms with Crippen LogP contribution in [-0.4, -0.2) is 39.1 Å². The Morgan fingerprint density at radius 1 is 1.29 bits per heavy atom. The molecule has 0 bridgehead atoms. The quantitative estimate of drug-likeness (QED) is 0.641. The number of hydrogen-bond donors (Lipinski definition) is 1. The van der Waals surface area contributed by atoms with Crippen LogP contribution in [0.4, 0.5) is 5.69 Å². The van der Waals surface area contributed by atoms with Crippen LogP contribution in [0, 0.1) is 0 Å². The Kier molecular flexibility index (Phi) is 6.46. The summed E-state index contributed by atoms with van der Waals surface area (Å²) in [5.41, 5.74) is 2.04.